The monoisotopic (exact) mass is 304 g/mol. The van der Waals surface area contributed by atoms with E-state index in [1.54, 1.807) is 18.3 Å². The average Bonchev–Trinajstić information content (AvgIpc) is 2.77. The van der Waals surface area contributed by atoms with Crippen LogP contribution < -0.4 is 10.4 Å². The van der Waals surface area contributed by atoms with Gasteiger partial charge in [-0.1, -0.05) is 6.92 Å². The van der Waals surface area contributed by atoms with Crippen molar-refractivity contribution < 1.29 is 9.90 Å². The Morgan fingerprint density at radius 2 is 2.24 bits per heavy atom. The van der Waals surface area contributed by atoms with Crippen molar-refractivity contribution >= 4 is 33.3 Å². The lowest BCUT2D eigenvalue weighted by Gasteiger charge is -2.21. The van der Waals surface area contributed by atoms with Crippen LogP contribution in [0.1, 0.15) is 48.9 Å². The molecule has 5 nitrogen and oxygen atoms in total. The Labute approximate surface area is 127 Å². The van der Waals surface area contributed by atoms with Crippen LogP contribution in [0.5, 0.6) is 0 Å². The molecule has 112 valence electrons. The van der Waals surface area contributed by atoms with Crippen molar-refractivity contribution in [2.24, 2.45) is 0 Å². The first-order valence-electron chi connectivity index (χ1n) is 7.24. The van der Waals surface area contributed by atoms with E-state index in [2.05, 4.69) is 22.2 Å². The summed E-state index contributed by atoms with van der Waals surface area (Å²) in [6.07, 6.45) is 3.43. The Balaban J connectivity index is 2.18. The first-order chi connectivity index (χ1) is 9.97. The molecular formula is C15H18N3O2S-. The zero-order chi connectivity index (χ0) is 15.1. The van der Waals surface area contributed by atoms with Gasteiger partial charge in [-0.2, -0.15) is 0 Å². The van der Waals surface area contributed by atoms with Gasteiger partial charge in [0, 0.05) is 4.88 Å². The smallest absolute Gasteiger partial charge is 0.139 e. The summed E-state index contributed by atoms with van der Waals surface area (Å²) in [6.45, 7) is 5.62. The molecule has 0 aromatic carbocycles. The van der Waals surface area contributed by atoms with Crippen molar-refractivity contribution in [1.29, 1.82) is 0 Å². The number of thiophene rings is 1. The number of hydrogen-bond donors (Lipinski definition) is 1. The second-order valence-electron chi connectivity index (χ2n) is 5.72. The Bertz CT molecular complexity index is 710. The number of carboxylic acids is 1. The topological polar surface area (TPSA) is 77.9 Å². The molecule has 2 aromatic heterocycles. The lowest BCUT2D eigenvalue weighted by Crippen LogP contribution is -2.38. The molecule has 0 amide bonds. The Hall–Kier alpha value is -1.69. The molecule has 6 heteroatoms. The number of carbonyl (C=O) groups excluding carboxylic acids is 1. The molecule has 0 fully saturated rings. The van der Waals surface area contributed by atoms with Crippen molar-refractivity contribution in [2.75, 3.05) is 5.32 Å². The van der Waals surface area contributed by atoms with Crippen molar-refractivity contribution in [3.8, 4) is 0 Å². The molecule has 21 heavy (non-hydrogen) atoms. The van der Waals surface area contributed by atoms with Gasteiger partial charge in [-0.15, -0.1) is 11.3 Å². The summed E-state index contributed by atoms with van der Waals surface area (Å²) in [4.78, 5) is 22.3. The van der Waals surface area contributed by atoms with Crippen molar-refractivity contribution in [3.05, 3.63) is 16.3 Å². The maximum absolute atomic E-state index is 11.0. The molecule has 2 atom stereocenters. The molecule has 0 bridgehead atoms. The number of carbonyl (C=O) groups is 1. The van der Waals surface area contributed by atoms with Crippen LogP contribution in [0.15, 0.2) is 0 Å². The zero-order valence-electron chi connectivity index (χ0n) is 12.4. The first-order valence-corrected chi connectivity index (χ1v) is 8.06. The number of aliphatic carboxylic acids is 1. The highest BCUT2D eigenvalue weighted by molar-refractivity contribution is 7.19. The summed E-state index contributed by atoms with van der Waals surface area (Å²) in [6, 6.07) is -0.781. The highest BCUT2D eigenvalue weighted by Gasteiger charge is 2.25. The molecule has 2 aromatic rings. The summed E-state index contributed by atoms with van der Waals surface area (Å²) >= 11 is 1.71. The summed E-state index contributed by atoms with van der Waals surface area (Å²) in [5.41, 5.74) is 1.30. The summed E-state index contributed by atoms with van der Waals surface area (Å²) in [5, 5.41) is 15.0. The van der Waals surface area contributed by atoms with Crippen LogP contribution >= 0.6 is 11.3 Å². The van der Waals surface area contributed by atoms with E-state index < -0.39 is 12.0 Å². The third kappa shape index (κ3) is 2.48. The Morgan fingerprint density at radius 1 is 1.48 bits per heavy atom. The fraction of sp³-hybridized carbons (Fsp3) is 0.533. The molecule has 0 saturated heterocycles. The lowest BCUT2D eigenvalue weighted by atomic mass is 9.87. The molecule has 2 heterocycles. The number of hydrogen-bond acceptors (Lipinski definition) is 6. The molecule has 0 unspecified atom stereocenters. The summed E-state index contributed by atoms with van der Waals surface area (Å²) in [5.74, 6) is 0.617. The van der Waals surface area contributed by atoms with E-state index in [-0.39, 0.29) is 0 Å². The number of aromatic nitrogens is 2. The molecule has 1 N–H and O–H groups in total. The molecule has 0 radical (unpaired) electrons. The second-order valence-corrected chi connectivity index (χ2v) is 6.80. The molecule has 1 aliphatic carbocycles. The molecule has 0 saturated carbocycles. The maximum Gasteiger partial charge on any atom is 0.139 e. The average molecular weight is 304 g/mol. The van der Waals surface area contributed by atoms with Gasteiger partial charge in [0.05, 0.1) is 17.4 Å². The second kappa shape index (κ2) is 5.26. The highest BCUT2D eigenvalue weighted by Crippen LogP contribution is 2.43. The van der Waals surface area contributed by atoms with E-state index in [4.69, 9.17) is 0 Å². The predicted molar refractivity (Wildman–Crippen MR) is 81.6 cm³/mol. The molecule has 0 spiro atoms. The van der Waals surface area contributed by atoms with E-state index in [1.807, 2.05) is 6.92 Å². The largest absolute Gasteiger partial charge is 0.548 e. The molecule has 1 aliphatic rings. The lowest BCUT2D eigenvalue weighted by molar-refractivity contribution is -0.306. The maximum atomic E-state index is 11.0. The number of nitrogens with one attached hydrogen (secondary N) is 1. The highest BCUT2D eigenvalue weighted by atomic mass is 32.1. The van der Waals surface area contributed by atoms with Gasteiger partial charge in [0.1, 0.15) is 16.5 Å². The minimum atomic E-state index is -1.13. The van der Waals surface area contributed by atoms with E-state index in [9.17, 15) is 9.90 Å². The molecule has 0 aliphatic heterocycles. The van der Waals surface area contributed by atoms with E-state index in [1.165, 1.54) is 16.9 Å². The van der Waals surface area contributed by atoms with Gasteiger partial charge < -0.3 is 15.2 Å². The van der Waals surface area contributed by atoms with Crippen LogP contribution in [-0.4, -0.2) is 22.0 Å². The minimum absolute atomic E-state index is 0.465. The Morgan fingerprint density at radius 3 is 2.95 bits per heavy atom. The van der Waals surface area contributed by atoms with Crippen LogP contribution in [0.2, 0.25) is 0 Å². The predicted octanol–water partition coefficient (Wildman–Crippen LogP) is 1.99. The summed E-state index contributed by atoms with van der Waals surface area (Å²) < 4.78 is 0. The van der Waals surface area contributed by atoms with Gasteiger partial charge in [0.15, 0.2) is 0 Å². The fourth-order valence-electron chi connectivity index (χ4n) is 2.96. The normalized spacial score (nSPS) is 19.3. The van der Waals surface area contributed by atoms with Crippen molar-refractivity contribution in [2.45, 2.75) is 52.0 Å². The number of anilines is 1. The fourth-order valence-corrected chi connectivity index (χ4v) is 4.34. The van der Waals surface area contributed by atoms with Gasteiger partial charge in [-0.25, -0.2) is 9.97 Å². The number of aryl methyl sites for hydroxylation is 2. The number of rotatable bonds is 3. The van der Waals surface area contributed by atoms with Crippen LogP contribution in [0.3, 0.4) is 0 Å². The Kier molecular flexibility index (Phi) is 3.57. The van der Waals surface area contributed by atoms with Crippen molar-refractivity contribution in [1.82, 2.24) is 9.97 Å². The van der Waals surface area contributed by atoms with Crippen LogP contribution in [0.25, 0.3) is 10.2 Å². The van der Waals surface area contributed by atoms with E-state index >= 15 is 0 Å². The number of fused-ring (bicyclic) bond motifs is 3. The first kappa shape index (κ1) is 14.3. The SMILES string of the molecule is Cc1nc(N[C@H](C)C(=O)[O-])c2c3c(sc2n1)CCC[C@@H]3C. The van der Waals surface area contributed by atoms with Crippen LogP contribution in [0.4, 0.5) is 5.82 Å². The van der Waals surface area contributed by atoms with Gasteiger partial charge in [-0.3, -0.25) is 0 Å². The third-order valence-electron chi connectivity index (χ3n) is 4.02. The van der Waals surface area contributed by atoms with Gasteiger partial charge >= 0.3 is 0 Å². The van der Waals surface area contributed by atoms with Crippen LogP contribution in [0, 0.1) is 6.92 Å². The quantitative estimate of drug-likeness (QED) is 0.938. The standard InChI is InChI=1S/C15H19N3O2S/c1-7-5-4-6-10-11(7)12-13(16-8(2)15(19)20)17-9(3)18-14(12)21-10/h7-8H,4-6H2,1-3H3,(H,19,20)(H,16,17,18)/p-1/t7-,8+/m0/s1. The van der Waals surface area contributed by atoms with Crippen molar-refractivity contribution in [3.63, 3.8) is 0 Å². The minimum Gasteiger partial charge on any atom is -0.548 e. The number of nitrogens with zero attached hydrogens (tertiary/aromatic N) is 2. The number of carboxylic acid groups (broad SMARTS) is 1. The van der Waals surface area contributed by atoms with Crippen LogP contribution in [-0.2, 0) is 11.2 Å². The molecular weight excluding hydrogens is 286 g/mol. The summed E-state index contributed by atoms with van der Waals surface area (Å²) in [7, 11) is 0. The third-order valence-corrected chi connectivity index (χ3v) is 5.18. The zero-order valence-corrected chi connectivity index (χ0v) is 13.2. The van der Waals surface area contributed by atoms with E-state index in [0.717, 1.165) is 23.1 Å². The van der Waals surface area contributed by atoms with E-state index in [0.29, 0.717) is 17.6 Å². The van der Waals surface area contributed by atoms with Gasteiger partial charge in [-0.05, 0) is 44.6 Å². The molecule has 3 rings (SSSR count). The van der Waals surface area contributed by atoms with Gasteiger partial charge in [0.2, 0.25) is 0 Å². The van der Waals surface area contributed by atoms with Gasteiger partial charge in [0.25, 0.3) is 0 Å².